The van der Waals surface area contributed by atoms with E-state index in [0.717, 1.165) is 16.7 Å². The summed E-state index contributed by atoms with van der Waals surface area (Å²) in [5.41, 5.74) is -0.0559. The van der Waals surface area contributed by atoms with Crippen LogP contribution in [0.3, 0.4) is 0 Å². The van der Waals surface area contributed by atoms with Crippen molar-refractivity contribution in [3.63, 3.8) is 0 Å². The maximum absolute atomic E-state index is 12.7. The van der Waals surface area contributed by atoms with Crippen molar-refractivity contribution >= 4 is 16.7 Å². The van der Waals surface area contributed by atoms with Gasteiger partial charge in [-0.1, -0.05) is 0 Å². The van der Waals surface area contributed by atoms with Crippen LogP contribution in [-0.2, 0) is 12.7 Å². The molecule has 0 aliphatic rings. The van der Waals surface area contributed by atoms with E-state index in [1.165, 1.54) is 13.0 Å². The van der Waals surface area contributed by atoms with Crippen LogP contribution in [0.2, 0.25) is 0 Å². The van der Waals surface area contributed by atoms with Gasteiger partial charge in [0.25, 0.3) is 5.69 Å². The van der Waals surface area contributed by atoms with Gasteiger partial charge in [-0.2, -0.15) is 13.2 Å². The highest BCUT2D eigenvalue weighted by atomic mass is 19.4. The number of aryl methyl sites for hydroxylation is 1. The van der Waals surface area contributed by atoms with Crippen molar-refractivity contribution in [2.24, 2.45) is 0 Å². The lowest BCUT2D eigenvalue weighted by Crippen LogP contribution is -2.14. The summed E-state index contributed by atoms with van der Waals surface area (Å²) in [4.78, 5) is 13.4. The summed E-state index contributed by atoms with van der Waals surface area (Å²) in [6, 6.07) is 3.45. The summed E-state index contributed by atoms with van der Waals surface area (Å²) in [5.74, 6) is -1.04. The number of nitrogens with zero attached hydrogens (tertiary/aromatic N) is 3. The van der Waals surface area contributed by atoms with E-state index in [2.05, 4.69) is 4.98 Å². The molecular formula is C10H8F3N3O2. The Hall–Kier alpha value is -2.12. The van der Waals surface area contributed by atoms with Gasteiger partial charge in [-0.3, -0.25) is 10.1 Å². The molecule has 2 aromatic rings. The minimum absolute atomic E-state index is 0.0342. The quantitative estimate of drug-likeness (QED) is 0.615. The Kier molecular flexibility index (Phi) is 2.72. The van der Waals surface area contributed by atoms with Crippen molar-refractivity contribution in [2.75, 3.05) is 0 Å². The first-order chi connectivity index (χ1) is 8.34. The van der Waals surface area contributed by atoms with Gasteiger partial charge in [-0.25, -0.2) is 4.98 Å². The normalized spacial score (nSPS) is 12.0. The highest BCUT2D eigenvalue weighted by molar-refractivity contribution is 5.78. The second kappa shape index (κ2) is 3.97. The van der Waals surface area contributed by atoms with Crippen LogP contribution in [-0.4, -0.2) is 14.5 Å². The van der Waals surface area contributed by atoms with Gasteiger partial charge >= 0.3 is 6.18 Å². The highest BCUT2D eigenvalue weighted by Gasteiger charge is 2.37. The summed E-state index contributed by atoms with van der Waals surface area (Å²) in [6.45, 7) is 1.56. The second-order valence-corrected chi connectivity index (χ2v) is 3.61. The lowest BCUT2D eigenvalue weighted by Gasteiger charge is -2.08. The molecule has 0 amide bonds. The van der Waals surface area contributed by atoms with E-state index in [1.54, 1.807) is 0 Å². The van der Waals surface area contributed by atoms with Gasteiger partial charge in [0.1, 0.15) is 0 Å². The van der Waals surface area contributed by atoms with Gasteiger partial charge in [-0.05, 0) is 13.0 Å². The van der Waals surface area contributed by atoms with Gasteiger partial charge in [0.15, 0.2) is 0 Å². The summed E-state index contributed by atoms with van der Waals surface area (Å²) in [6.07, 6.45) is -4.58. The molecule has 1 aromatic carbocycles. The number of hydrogen-bond acceptors (Lipinski definition) is 3. The molecule has 0 unspecified atom stereocenters. The SMILES string of the molecule is CCn1c(C(F)(F)F)nc2ccc([N+](=O)[O-])cc21. The number of aromatic nitrogens is 2. The van der Waals surface area contributed by atoms with Gasteiger partial charge in [0, 0.05) is 18.7 Å². The lowest BCUT2D eigenvalue weighted by atomic mass is 10.3. The summed E-state index contributed by atoms with van der Waals surface area (Å²) in [5, 5.41) is 10.6. The Balaban J connectivity index is 2.74. The molecule has 0 radical (unpaired) electrons. The number of fused-ring (bicyclic) bond motifs is 1. The van der Waals surface area contributed by atoms with Crippen LogP contribution in [0, 0.1) is 10.1 Å². The van der Waals surface area contributed by atoms with Crippen LogP contribution in [0.25, 0.3) is 11.0 Å². The van der Waals surface area contributed by atoms with E-state index in [1.807, 2.05) is 0 Å². The number of imidazole rings is 1. The smallest absolute Gasteiger partial charge is 0.320 e. The number of hydrogen-bond donors (Lipinski definition) is 0. The average molecular weight is 259 g/mol. The predicted molar refractivity (Wildman–Crippen MR) is 57.1 cm³/mol. The first-order valence-electron chi connectivity index (χ1n) is 5.06. The highest BCUT2D eigenvalue weighted by Crippen LogP contribution is 2.32. The third-order valence-electron chi connectivity index (χ3n) is 2.51. The molecule has 0 spiro atoms. The summed E-state index contributed by atoms with van der Waals surface area (Å²) < 4.78 is 39.1. The van der Waals surface area contributed by atoms with E-state index < -0.39 is 16.9 Å². The van der Waals surface area contributed by atoms with Crippen LogP contribution >= 0.6 is 0 Å². The lowest BCUT2D eigenvalue weighted by molar-refractivity contribution is -0.384. The summed E-state index contributed by atoms with van der Waals surface area (Å²) >= 11 is 0. The fraction of sp³-hybridized carbons (Fsp3) is 0.300. The zero-order valence-electron chi connectivity index (χ0n) is 9.23. The molecule has 0 aliphatic carbocycles. The molecule has 1 heterocycles. The Morgan fingerprint density at radius 2 is 2.11 bits per heavy atom. The molecule has 0 aliphatic heterocycles. The van der Waals surface area contributed by atoms with Crippen molar-refractivity contribution < 1.29 is 18.1 Å². The first kappa shape index (κ1) is 12.3. The third-order valence-corrected chi connectivity index (χ3v) is 2.51. The minimum Gasteiger partial charge on any atom is -0.320 e. The fourth-order valence-corrected chi connectivity index (χ4v) is 1.76. The molecule has 5 nitrogen and oxygen atoms in total. The van der Waals surface area contributed by atoms with Gasteiger partial charge in [0.2, 0.25) is 5.82 Å². The fourth-order valence-electron chi connectivity index (χ4n) is 1.76. The van der Waals surface area contributed by atoms with E-state index in [9.17, 15) is 23.3 Å². The van der Waals surface area contributed by atoms with Crippen LogP contribution in [0.5, 0.6) is 0 Å². The molecule has 0 fully saturated rings. The van der Waals surface area contributed by atoms with Crippen molar-refractivity contribution in [1.82, 2.24) is 9.55 Å². The molecule has 96 valence electrons. The Labute approximate surface area is 99.0 Å². The van der Waals surface area contributed by atoms with E-state index in [-0.39, 0.29) is 23.3 Å². The van der Waals surface area contributed by atoms with Crippen molar-refractivity contribution in [3.05, 3.63) is 34.1 Å². The van der Waals surface area contributed by atoms with Crippen molar-refractivity contribution in [3.8, 4) is 0 Å². The number of non-ortho nitro benzene ring substituents is 1. The standard InChI is InChI=1S/C10H8F3N3O2/c1-2-15-8-5-6(16(17)18)3-4-7(8)14-9(15)10(11,12)13/h3-5H,2H2,1H3. The van der Waals surface area contributed by atoms with Crippen LogP contribution in [0.15, 0.2) is 18.2 Å². The van der Waals surface area contributed by atoms with Crippen LogP contribution in [0.1, 0.15) is 12.7 Å². The molecule has 0 saturated heterocycles. The Bertz CT molecular complexity index is 619. The minimum atomic E-state index is -4.58. The third kappa shape index (κ3) is 1.89. The molecule has 18 heavy (non-hydrogen) atoms. The number of halogens is 3. The number of nitro groups is 1. The largest absolute Gasteiger partial charge is 0.449 e. The molecule has 8 heteroatoms. The molecular weight excluding hydrogens is 251 g/mol. The average Bonchev–Trinajstić information content (AvgIpc) is 2.65. The number of rotatable bonds is 2. The molecule has 1 aromatic heterocycles. The predicted octanol–water partition coefficient (Wildman–Crippen LogP) is 2.98. The molecule has 2 rings (SSSR count). The second-order valence-electron chi connectivity index (χ2n) is 3.61. The van der Waals surface area contributed by atoms with E-state index in [4.69, 9.17) is 0 Å². The molecule has 0 saturated carbocycles. The summed E-state index contributed by atoms with van der Waals surface area (Å²) in [7, 11) is 0. The molecule has 0 bridgehead atoms. The van der Waals surface area contributed by atoms with Gasteiger partial charge < -0.3 is 4.57 Å². The van der Waals surface area contributed by atoms with Gasteiger partial charge in [0.05, 0.1) is 16.0 Å². The topological polar surface area (TPSA) is 61.0 Å². The zero-order chi connectivity index (χ0) is 13.5. The van der Waals surface area contributed by atoms with Crippen LogP contribution in [0.4, 0.5) is 18.9 Å². The molecule has 0 atom stereocenters. The van der Waals surface area contributed by atoms with Crippen molar-refractivity contribution in [1.29, 1.82) is 0 Å². The maximum Gasteiger partial charge on any atom is 0.449 e. The van der Waals surface area contributed by atoms with Crippen molar-refractivity contribution in [2.45, 2.75) is 19.6 Å². The monoisotopic (exact) mass is 259 g/mol. The Morgan fingerprint density at radius 1 is 1.44 bits per heavy atom. The molecule has 0 N–H and O–H groups in total. The number of alkyl halides is 3. The first-order valence-corrected chi connectivity index (χ1v) is 5.06. The zero-order valence-corrected chi connectivity index (χ0v) is 9.23. The van der Waals surface area contributed by atoms with E-state index in [0.29, 0.717) is 0 Å². The van der Waals surface area contributed by atoms with Crippen LogP contribution < -0.4 is 0 Å². The number of benzene rings is 1. The van der Waals surface area contributed by atoms with E-state index >= 15 is 0 Å². The Morgan fingerprint density at radius 3 is 2.61 bits per heavy atom. The van der Waals surface area contributed by atoms with Gasteiger partial charge in [-0.15, -0.1) is 0 Å². The maximum atomic E-state index is 12.7. The number of nitro benzene ring substituents is 1.